The van der Waals surface area contributed by atoms with Gasteiger partial charge in [0.1, 0.15) is 6.29 Å². The first kappa shape index (κ1) is 7.00. The zero-order valence-corrected chi connectivity index (χ0v) is 6.22. The summed E-state index contributed by atoms with van der Waals surface area (Å²) < 4.78 is 0. The Hall–Kier alpha value is -1.11. The van der Waals surface area contributed by atoms with Crippen LogP contribution in [0.4, 0.5) is 0 Å². The van der Waals surface area contributed by atoms with Gasteiger partial charge in [0, 0.05) is 6.99 Å². The van der Waals surface area contributed by atoms with Crippen molar-refractivity contribution < 1.29 is 6.22 Å². The molecule has 1 heteroatoms. The minimum Gasteiger partial charge on any atom is -0.298 e. The summed E-state index contributed by atoms with van der Waals surface area (Å²) in [6, 6.07) is 5.85. The molecule has 0 atom stereocenters. The van der Waals surface area contributed by atoms with Crippen LogP contribution in [-0.4, -0.2) is 6.29 Å². The van der Waals surface area contributed by atoms with Crippen LogP contribution in [0.1, 0.15) is 22.9 Å². The molecule has 0 saturated carbocycles. The van der Waals surface area contributed by atoms with E-state index in [2.05, 4.69) is 0 Å². The molecule has 0 aliphatic carbocycles. The first-order valence-corrected chi connectivity index (χ1v) is 3.26. The summed E-state index contributed by atoms with van der Waals surface area (Å²) >= 11 is 0. The van der Waals surface area contributed by atoms with E-state index in [9.17, 15) is 4.79 Å². The number of aryl methyl sites for hydroxylation is 2. The molecular formula is C9H12O. The normalized spacial score (nSPS) is 9.40. The average molecular weight is 136 g/mol. The largest absolute Gasteiger partial charge is 0.298 e. The second kappa shape index (κ2) is 2.65. The Kier molecular flexibility index (Phi) is 1.86. The highest BCUT2D eigenvalue weighted by molar-refractivity contribution is 5.77. The fourth-order valence-corrected chi connectivity index (χ4v) is 0.887. The van der Waals surface area contributed by atoms with Crippen LogP contribution in [0, 0.1) is 13.8 Å². The Morgan fingerprint density at radius 2 is 2.10 bits per heavy atom. The van der Waals surface area contributed by atoms with Crippen LogP contribution in [0.25, 0.3) is 0 Å². The molecule has 0 spiro atoms. The van der Waals surface area contributed by atoms with E-state index in [1.54, 1.807) is 0 Å². The number of carbonyl (C=O) groups is 1. The van der Waals surface area contributed by atoms with Crippen LogP contribution in [-0.2, 0) is 0 Å². The van der Waals surface area contributed by atoms with Gasteiger partial charge in [-0.15, -0.1) is 0 Å². The van der Waals surface area contributed by atoms with Gasteiger partial charge < -0.3 is 0 Å². The van der Waals surface area contributed by atoms with Gasteiger partial charge in [-0.1, -0.05) is 17.7 Å². The Labute approximate surface area is 62.2 Å². The van der Waals surface area contributed by atoms with Gasteiger partial charge in [-0.05, 0) is 25.5 Å². The van der Waals surface area contributed by atoms with E-state index in [0.717, 1.165) is 23.0 Å². The van der Waals surface area contributed by atoms with Crippen molar-refractivity contribution in [2.75, 3.05) is 0 Å². The maximum atomic E-state index is 10.4. The molecule has 0 amide bonds. The minimum absolute atomic E-state index is 0. The molecule has 1 nitrogen and oxygen atoms in total. The van der Waals surface area contributed by atoms with Gasteiger partial charge >= 0.3 is 0 Å². The monoisotopic (exact) mass is 136 g/mol. The molecule has 0 N–H and O–H groups in total. The van der Waals surface area contributed by atoms with Crippen molar-refractivity contribution in [3.8, 4) is 0 Å². The SMILES string of the molecule is Cc1ccc(C)c(C=O)c1.[HH]. The molecule has 1 rings (SSSR count). The van der Waals surface area contributed by atoms with Crippen molar-refractivity contribution >= 4 is 6.29 Å². The lowest BCUT2D eigenvalue weighted by molar-refractivity contribution is 0.112. The van der Waals surface area contributed by atoms with E-state index in [4.69, 9.17) is 0 Å². The number of rotatable bonds is 1. The number of aldehydes is 1. The highest BCUT2D eigenvalue weighted by Gasteiger charge is 1.94. The molecule has 0 saturated heterocycles. The van der Waals surface area contributed by atoms with Crippen LogP contribution in [0.3, 0.4) is 0 Å². The average Bonchev–Trinajstić information content (AvgIpc) is 1.94. The second-order valence-electron chi connectivity index (χ2n) is 2.48. The minimum atomic E-state index is 0. The molecule has 0 radical (unpaired) electrons. The summed E-state index contributed by atoms with van der Waals surface area (Å²) in [6.07, 6.45) is 0.891. The van der Waals surface area contributed by atoms with Gasteiger partial charge in [-0.2, -0.15) is 0 Å². The molecule has 0 bridgehead atoms. The van der Waals surface area contributed by atoms with Crippen LogP contribution >= 0.6 is 0 Å². The van der Waals surface area contributed by atoms with Gasteiger partial charge in [-0.25, -0.2) is 0 Å². The summed E-state index contributed by atoms with van der Waals surface area (Å²) in [4.78, 5) is 10.4. The van der Waals surface area contributed by atoms with Gasteiger partial charge in [0.25, 0.3) is 0 Å². The third-order valence-corrected chi connectivity index (χ3v) is 1.56. The molecule has 0 unspecified atom stereocenters. The molecule has 10 heavy (non-hydrogen) atoms. The summed E-state index contributed by atoms with van der Waals surface area (Å²) in [5, 5.41) is 0. The van der Waals surface area contributed by atoms with Crippen LogP contribution in [0.5, 0.6) is 0 Å². The third-order valence-electron chi connectivity index (χ3n) is 1.56. The summed E-state index contributed by atoms with van der Waals surface area (Å²) in [6.45, 7) is 3.91. The van der Waals surface area contributed by atoms with Gasteiger partial charge in [0.05, 0.1) is 0 Å². The quantitative estimate of drug-likeness (QED) is 0.541. The van der Waals surface area contributed by atoms with E-state index in [-0.39, 0.29) is 1.43 Å². The van der Waals surface area contributed by atoms with Crippen molar-refractivity contribution in [3.05, 3.63) is 34.9 Å². The number of hydrogen-bond donors (Lipinski definition) is 0. The van der Waals surface area contributed by atoms with Crippen molar-refractivity contribution in [2.24, 2.45) is 0 Å². The molecular weight excluding hydrogens is 124 g/mol. The van der Waals surface area contributed by atoms with Gasteiger partial charge in [0.2, 0.25) is 0 Å². The van der Waals surface area contributed by atoms with E-state index < -0.39 is 0 Å². The predicted molar refractivity (Wildman–Crippen MR) is 43.4 cm³/mol. The predicted octanol–water partition coefficient (Wildman–Crippen LogP) is 2.36. The lowest BCUT2D eigenvalue weighted by Crippen LogP contribution is -1.85. The molecule has 0 aliphatic heterocycles. The Bertz CT molecular complexity index is 256. The van der Waals surface area contributed by atoms with Crippen LogP contribution in [0.2, 0.25) is 0 Å². The molecule has 0 aromatic heterocycles. The summed E-state index contributed by atoms with van der Waals surface area (Å²) in [7, 11) is 0. The lowest BCUT2D eigenvalue weighted by Gasteiger charge is -1.97. The first-order valence-electron chi connectivity index (χ1n) is 3.26. The zero-order chi connectivity index (χ0) is 7.56. The number of benzene rings is 1. The van der Waals surface area contributed by atoms with E-state index >= 15 is 0 Å². The third kappa shape index (κ3) is 1.24. The molecule has 0 heterocycles. The standard InChI is InChI=1S/C9H10O.H2/c1-7-3-4-8(2)9(5-7)6-10;/h3-6H,1-2H3;1H. The first-order chi connectivity index (χ1) is 4.74. The van der Waals surface area contributed by atoms with E-state index in [1.807, 2.05) is 32.0 Å². The molecule has 0 aliphatic rings. The second-order valence-corrected chi connectivity index (χ2v) is 2.48. The topological polar surface area (TPSA) is 17.1 Å². The fourth-order valence-electron chi connectivity index (χ4n) is 0.887. The maximum Gasteiger partial charge on any atom is 0.150 e. The Morgan fingerprint density at radius 3 is 2.60 bits per heavy atom. The van der Waals surface area contributed by atoms with Crippen LogP contribution < -0.4 is 0 Å². The van der Waals surface area contributed by atoms with Crippen molar-refractivity contribution in [1.29, 1.82) is 0 Å². The summed E-state index contributed by atoms with van der Waals surface area (Å²) in [5.41, 5.74) is 2.97. The van der Waals surface area contributed by atoms with E-state index in [1.165, 1.54) is 0 Å². The summed E-state index contributed by atoms with van der Waals surface area (Å²) in [5.74, 6) is 0. The Morgan fingerprint density at radius 1 is 1.40 bits per heavy atom. The highest BCUT2D eigenvalue weighted by Crippen LogP contribution is 2.07. The maximum absolute atomic E-state index is 10.4. The van der Waals surface area contributed by atoms with Crippen LogP contribution in [0.15, 0.2) is 18.2 Å². The molecule has 54 valence electrons. The lowest BCUT2D eigenvalue weighted by atomic mass is 10.1. The molecule has 1 aromatic carbocycles. The smallest absolute Gasteiger partial charge is 0.150 e. The van der Waals surface area contributed by atoms with Gasteiger partial charge in [-0.3, -0.25) is 4.79 Å². The number of hydrogen-bond acceptors (Lipinski definition) is 1. The van der Waals surface area contributed by atoms with Crippen molar-refractivity contribution in [2.45, 2.75) is 13.8 Å². The van der Waals surface area contributed by atoms with E-state index in [0.29, 0.717) is 0 Å². The fraction of sp³-hybridized carbons (Fsp3) is 0.222. The van der Waals surface area contributed by atoms with Crippen molar-refractivity contribution in [3.63, 3.8) is 0 Å². The van der Waals surface area contributed by atoms with Gasteiger partial charge in [0.15, 0.2) is 0 Å². The van der Waals surface area contributed by atoms with Crippen molar-refractivity contribution in [1.82, 2.24) is 0 Å². The molecule has 0 fully saturated rings. The highest BCUT2D eigenvalue weighted by atomic mass is 16.1. The molecule has 1 aromatic rings. The number of carbonyl (C=O) groups excluding carboxylic acids is 1. The zero-order valence-electron chi connectivity index (χ0n) is 6.22. The Balaban J connectivity index is 0.000001000.